The minimum Gasteiger partial charge on any atom is -0.508 e. The summed E-state index contributed by atoms with van der Waals surface area (Å²) in [5, 5.41) is 83.5. The topological polar surface area (TPSA) is 142 Å². The molecular weight excluding hydrogens is 1020 g/mol. The molecule has 7 nitrogen and oxygen atoms in total. The molecule has 436 valence electrons. The normalized spacial score (nSPS) is 17.0. The predicted molar refractivity (Wildman–Crippen MR) is 336 cm³/mol. The second-order valence-corrected chi connectivity index (χ2v) is 26.2. The Morgan fingerprint density at radius 1 is 0.313 bits per heavy atom. The van der Waals surface area contributed by atoms with E-state index in [1.165, 1.54) is 25.7 Å². The maximum atomic E-state index is 12.7. The molecule has 0 saturated heterocycles. The van der Waals surface area contributed by atoms with Crippen molar-refractivity contribution in [2.24, 2.45) is 0 Å². The van der Waals surface area contributed by atoms with E-state index in [1.807, 2.05) is 36.4 Å². The highest BCUT2D eigenvalue weighted by Crippen LogP contribution is 2.51. The number of rotatable bonds is 14. The van der Waals surface area contributed by atoms with Crippen LogP contribution in [-0.4, -0.2) is 35.7 Å². The summed E-state index contributed by atoms with van der Waals surface area (Å²) in [5.41, 5.74) is 18.8. The summed E-state index contributed by atoms with van der Waals surface area (Å²) in [6.45, 7) is 12.4. The molecule has 4 aliphatic carbocycles. The Morgan fingerprint density at radius 3 is 0.928 bits per heavy atom. The monoisotopic (exact) mass is 1110 g/mol. The van der Waals surface area contributed by atoms with E-state index in [2.05, 4.69) is 84.0 Å². The number of aromatic hydroxyl groups is 7. The van der Waals surface area contributed by atoms with Gasteiger partial charge < -0.3 is 35.7 Å². The minimum absolute atomic E-state index is 0.170. The van der Waals surface area contributed by atoms with Gasteiger partial charge in [0.2, 0.25) is 0 Å². The lowest BCUT2D eigenvalue weighted by Gasteiger charge is -2.30. The second kappa shape index (κ2) is 24.8. The van der Waals surface area contributed by atoms with E-state index < -0.39 is 11.8 Å². The van der Waals surface area contributed by atoms with Crippen molar-refractivity contribution in [1.29, 1.82) is 0 Å². The van der Waals surface area contributed by atoms with Gasteiger partial charge in [0.1, 0.15) is 40.2 Å². The van der Waals surface area contributed by atoms with Crippen LogP contribution >= 0.6 is 0 Å². The third-order valence-electron chi connectivity index (χ3n) is 20.7. The number of hydrogen-bond acceptors (Lipinski definition) is 7. The van der Waals surface area contributed by atoms with E-state index in [4.69, 9.17) is 0 Å². The van der Waals surface area contributed by atoms with E-state index in [0.29, 0.717) is 35.8 Å². The van der Waals surface area contributed by atoms with Crippen LogP contribution in [0.25, 0.3) is 0 Å². The lowest BCUT2D eigenvalue weighted by molar-refractivity contribution is 0.412. The molecule has 0 aliphatic heterocycles. The molecule has 7 aromatic rings. The summed E-state index contributed by atoms with van der Waals surface area (Å²) in [4.78, 5) is 0. The van der Waals surface area contributed by atoms with Crippen LogP contribution in [-0.2, 0) is 12.8 Å². The van der Waals surface area contributed by atoms with Gasteiger partial charge in [0.15, 0.2) is 0 Å². The third kappa shape index (κ3) is 12.0. The fraction of sp³-hybridized carbons (Fsp3) is 0.447. The molecule has 4 fully saturated rings. The van der Waals surface area contributed by atoms with Crippen LogP contribution in [0.5, 0.6) is 40.2 Å². The van der Waals surface area contributed by atoms with Gasteiger partial charge in [-0.25, -0.2) is 0 Å². The molecular formula is C76H90O7. The van der Waals surface area contributed by atoms with Crippen LogP contribution in [0.3, 0.4) is 0 Å². The first kappa shape index (κ1) is 57.9. The fourth-order valence-electron chi connectivity index (χ4n) is 15.8. The van der Waals surface area contributed by atoms with Crippen LogP contribution in [0.15, 0.2) is 91.0 Å². The summed E-state index contributed by atoms with van der Waals surface area (Å²) in [7, 11) is 0. The van der Waals surface area contributed by atoms with Gasteiger partial charge in [0, 0.05) is 41.4 Å². The first-order valence-electron chi connectivity index (χ1n) is 31.8. The number of benzene rings is 7. The van der Waals surface area contributed by atoms with Crippen LogP contribution in [0.4, 0.5) is 0 Å². The SMILES string of the molecule is Cc1cc(O)c(C2CCCCC2)cc1C(c1cc(C2CCCCC2)c(O)cc1C)c1cc(Cc2cc(C)c(C)c(Cc3ccc(O)c(C(c4cc(C5CCCCC5)c(O)cc4C)c4cc(C5CCCCC5)c(O)cc4C)c3)c2O)ccc1O. The Morgan fingerprint density at radius 2 is 0.614 bits per heavy atom. The molecule has 0 unspecified atom stereocenters. The molecule has 0 radical (unpaired) electrons. The Hall–Kier alpha value is -6.86. The van der Waals surface area contributed by atoms with E-state index in [1.54, 1.807) is 12.1 Å². The van der Waals surface area contributed by atoms with Crippen molar-refractivity contribution in [3.05, 3.63) is 202 Å². The minimum atomic E-state index is -0.412. The molecule has 7 aromatic carbocycles. The maximum Gasteiger partial charge on any atom is 0.122 e. The highest BCUT2D eigenvalue weighted by atomic mass is 16.3. The molecule has 0 amide bonds. The van der Waals surface area contributed by atoms with Crippen molar-refractivity contribution in [1.82, 2.24) is 0 Å². The van der Waals surface area contributed by atoms with Crippen molar-refractivity contribution in [2.45, 2.75) is 218 Å². The molecule has 11 rings (SSSR count). The Labute approximate surface area is 494 Å². The number of phenolic OH excluding ortho intramolecular Hbond substituents is 7. The van der Waals surface area contributed by atoms with E-state index in [-0.39, 0.29) is 40.9 Å². The van der Waals surface area contributed by atoms with E-state index >= 15 is 0 Å². The van der Waals surface area contributed by atoms with Gasteiger partial charge in [-0.2, -0.15) is 0 Å². The van der Waals surface area contributed by atoms with Crippen molar-refractivity contribution in [3.63, 3.8) is 0 Å². The summed E-state index contributed by atoms with van der Waals surface area (Å²) in [6.07, 6.45) is 22.9. The molecule has 0 heterocycles. The van der Waals surface area contributed by atoms with Crippen LogP contribution in [0.1, 0.15) is 275 Å². The van der Waals surface area contributed by atoms with Crippen LogP contribution in [0.2, 0.25) is 0 Å². The number of hydrogen-bond donors (Lipinski definition) is 7. The zero-order valence-corrected chi connectivity index (χ0v) is 50.3. The zero-order valence-electron chi connectivity index (χ0n) is 50.3. The summed E-state index contributed by atoms with van der Waals surface area (Å²) in [5.74, 6) is 2.08. The molecule has 7 heteroatoms. The molecule has 4 saturated carbocycles. The predicted octanol–water partition coefficient (Wildman–Crippen LogP) is 19.2. The smallest absolute Gasteiger partial charge is 0.122 e. The highest BCUT2D eigenvalue weighted by Gasteiger charge is 2.33. The molecule has 4 aliphatic rings. The van der Waals surface area contributed by atoms with Gasteiger partial charge in [-0.3, -0.25) is 0 Å². The first-order chi connectivity index (χ1) is 40.0. The number of phenols is 7. The van der Waals surface area contributed by atoms with Gasteiger partial charge in [-0.05, 0) is 248 Å². The lowest BCUT2D eigenvalue weighted by atomic mass is 9.75. The third-order valence-corrected chi connectivity index (χ3v) is 20.7. The van der Waals surface area contributed by atoms with Crippen molar-refractivity contribution in [3.8, 4) is 40.2 Å². The van der Waals surface area contributed by atoms with Crippen molar-refractivity contribution < 1.29 is 35.7 Å². The molecule has 7 N–H and O–H groups in total. The summed E-state index contributed by atoms with van der Waals surface area (Å²) < 4.78 is 0. The van der Waals surface area contributed by atoms with Gasteiger partial charge in [-0.15, -0.1) is 0 Å². The van der Waals surface area contributed by atoms with Crippen molar-refractivity contribution >= 4 is 0 Å². The Kier molecular flexibility index (Phi) is 17.3. The Bertz CT molecular complexity index is 3360. The van der Waals surface area contributed by atoms with Crippen molar-refractivity contribution in [2.75, 3.05) is 0 Å². The second-order valence-electron chi connectivity index (χ2n) is 26.2. The highest BCUT2D eigenvalue weighted by molar-refractivity contribution is 5.62. The quantitative estimate of drug-likeness (QED) is 0.0538. The van der Waals surface area contributed by atoms with Crippen LogP contribution in [0, 0.1) is 41.5 Å². The van der Waals surface area contributed by atoms with Gasteiger partial charge >= 0.3 is 0 Å². The summed E-state index contributed by atoms with van der Waals surface area (Å²) >= 11 is 0. The molecule has 0 bridgehead atoms. The molecule has 0 spiro atoms. The molecule has 0 aromatic heterocycles. The average molecular weight is 1120 g/mol. The maximum absolute atomic E-state index is 12.7. The molecule has 83 heavy (non-hydrogen) atoms. The average Bonchev–Trinajstić information content (AvgIpc) is 3.68. The number of aryl methyl sites for hydroxylation is 5. The van der Waals surface area contributed by atoms with E-state index in [9.17, 15) is 35.7 Å². The fourth-order valence-corrected chi connectivity index (χ4v) is 15.8. The largest absolute Gasteiger partial charge is 0.508 e. The molecule has 0 atom stereocenters. The summed E-state index contributed by atoms with van der Waals surface area (Å²) in [6, 6.07) is 30.4. The van der Waals surface area contributed by atoms with E-state index in [0.717, 1.165) is 214 Å². The van der Waals surface area contributed by atoms with Gasteiger partial charge in [0.05, 0.1) is 0 Å². The van der Waals surface area contributed by atoms with Crippen LogP contribution < -0.4 is 0 Å². The standard InChI is InChI=1S/C76H90O7/c1-44-31-56(36-50-27-29-68(77)66(38-50)74(57-40-62(70(79)32-45(57)2)52-19-11-7-12-20-52)58-41-63(71(80)33-46(58)3)53-21-13-8-14-22-53)76(83)61(49(44)6)37-51-28-30-69(78)67(39-51)75(59-42-64(72(81)34-47(59)4)54-23-15-9-16-24-54)60-43-65(73(82)35-48(60)5)55-25-17-10-18-26-55/h27-35,38-43,52-55,74-75,77-83H,7-26,36-37H2,1-6H3. The first-order valence-corrected chi connectivity index (χ1v) is 31.8. The zero-order chi connectivity index (χ0) is 58.2. The Balaban J connectivity index is 0.989. The van der Waals surface area contributed by atoms with Gasteiger partial charge in [0.25, 0.3) is 0 Å². The lowest BCUT2D eigenvalue weighted by Crippen LogP contribution is -2.13. The van der Waals surface area contributed by atoms with Gasteiger partial charge in [-0.1, -0.05) is 132 Å².